The molecule has 0 saturated carbocycles. The lowest BCUT2D eigenvalue weighted by atomic mass is 10.0. The summed E-state index contributed by atoms with van der Waals surface area (Å²) in [6.07, 6.45) is 2.15. The average molecular weight is 486 g/mol. The van der Waals surface area contributed by atoms with Crippen molar-refractivity contribution < 1.29 is 19.5 Å². The van der Waals surface area contributed by atoms with E-state index in [2.05, 4.69) is 16.0 Å². The average Bonchev–Trinajstić information content (AvgIpc) is 2.78. The fourth-order valence-corrected chi connectivity index (χ4v) is 4.06. The molecule has 1 atom stereocenters. The first kappa shape index (κ1) is 24.4. The van der Waals surface area contributed by atoms with Crippen LogP contribution in [0.2, 0.25) is 5.02 Å². The number of aliphatic carboxylic acids is 1. The van der Waals surface area contributed by atoms with Crippen molar-refractivity contribution in [3.8, 4) is 0 Å². The van der Waals surface area contributed by atoms with E-state index in [9.17, 15) is 19.5 Å². The Morgan fingerprint density at radius 2 is 1.73 bits per heavy atom. The molecular weight excluding hydrogens is 462 g/mol. The summed E-state index contributed by atoms with van der Waals surface area (Å²) < 4.78 is 0. The Kier molecular flexibility index (Phi) is 8.19. The van der Waals surface area contributed by atoms with E-state index in [0.29, 0.717) is 16.5 Å². The highest BCUT2D eigenvalue weighted by Crippen LogP contribution is 2.27. The molecule has 0 radical (unpaired) electrons. The summed E-state index contributed by atoms with van der Waals surface area (Å²) in [7, 11) is 0. The second-order valence-electron chi connectivity index (χ2n) is 7.40. The van der Waals surface area contributed by atoms with Crippen LogP contribution >= 0.6 is 23.4 Å². The van der Waals surface area contributed by atoms with Crippen LogP contribution in [0.3, 0.4) is 0 Å². The molecule has 9 heteroatoms. The van der Waals surface area contributed by atoms with Gasteiger partial charge in [-0.25, -0.2) is 9.59 Å². The van der Waals surface area contributed by atoms with Gasteiger partial charge in [-0.15, -0.1) is 0 Å². The van der Waals surface area contributed by atoms with E-state index in [0.717, 1.165) is 16.3 Å². The minimum Gasteiger partial charge on any atom is -0.480 e. The number of amides is 3. The summed E-state index contributed by atoms with van der Waals surface area (Å²) in [4.78, 5) is 37.4. The summed E-state index contributed by atoms with van der Waals surface area (Å²) >= 11 is 7.70. The first-order chi connectivity index (χ1) is 15.8. The number of rotatable bonds is 8. The van der Waals surface area contributed by atoms with Gasteiger partial charge in [-0.2, -0.15) is 11.8 Å². The Labute approximate surface area is 200 Å². The largest absolute Gasteiger partial charge is 0.480 e. The van der Waals surface area contributed by atoms with Crippen molar-refractivity contribution in [3.05, 3.63) is 70.7 Å². The second kappa shape index (κ2) is 11.1. The number of carboxylic acid groups (broad SMARTS) is 1. The maximum absolute atomic E-state index is 13.1. The van der Waals surface area contributed by atoms with Crippen LogP contribution in [0.25, 0.3) is 10.8 Å². The van der Waals surface area contributed by atoms with E-state index in [1.807, 2.05) is 43.5 Å². The number of urea groups is 1. The molecule has 3 amide bonds. The molecule has 3 rings (SSSR count). The number of fused-ring (bicyclic) bond motifs is 1. The number of halogens is 1. The van der Waals surface area contributed by atoms with Crippen molar-refractivity contribution in [2.75, 3.05) is 22.6 Å². The van der Waals surface area contributed by atoms with Crippen LogP contribution in [0.4, 0.5) is 16.2 Å². The molecule has 0 unspecified atom stereocenters. The van der Waals surface area contributed by atoms with Crippen LogP contribution in [-0.2, 0) is 4.79 Å². The quantitative estimate of drug-likeness (QED) is 0.342. The van der Waals surface area contributed by atoms with Crippen LogP contribution in [0, 0.1) is 6.92 Å². The second-order valence-corrected chi connectivity index (χ2v) is 8.79. The zero-order valence-electron chi connectivity index (χ0n) is 18.1. The number of aryl methyl sites for hydroxylation is 1. The molecule has 3 aromatic rings. The monoisotopic (exact) mass is 485 g/mol. The molecule has 0 aliphatic carbocycles. The van der Waals surface area contributed by atoms with Crippen molar-refractivity contribution in [2.24, 2.45) is 0 Å². The summed E-state index contributed by atoms with van der Waals surface area (Å²) in [5.41, 5.74) is 1.66. The lowest BCUT2D eigenvalue weighted by Gasteiger charge is -2.17. The van der Waals surface area contributed by atoms with Gasteiger partial charge in [0.05, 0.1) is 22.0 Å². The molecule has 0 aromatic heterocycles. The molecular formula is C24H24ClN3O4S. The maximum Gasteiger partial charge on any atom is 0.326 e. The van der Waals surface area contributed by atoms with Gasteiger partial charge in [0.15, 0.2) is 0 Å². The standard InChI is InChI=1S/C24H24ClN3O4S/c1-14-6-5-9-18(25)21(14)28-24(32)27-20-13-16-8-4-3-7-15(16)12-17(20)22(29)26-19(23(30)31)10-11-33-2/h3-9,12-13,19H,10-11H2,1-2H3,(H,26,29)(H,30,31)(H2,27,28,32)/t19-/m0/s1. The number of anilines is 2. The molecule has 0 heterocycles. The van der Waals surface area contributed by atoms with Gasteiger partial charge < -0.3 is 21.1 Å². The van der Waals surface area contributed by atoms with Gasteiger partial charge >= 0.3 is 12.0 Å². The number of thioether (sulfide) groups is 1. The zero-order chi connectivity index (χ0) is 24.0. The SMILES string of the molecule is CSCC[C@H](NC(=O)c1cc2ccccc2cc1NC(=O)Nc1c(C)cccc1Cl)C(=O)O. The number of hydrogen-bond donors (Lipinski definition) is 4. The van der Waals surface area contributed by atoms with Gasteiger partial charge in [0.2, 0.25) is 0 Å². The fourth-order valence-electron chi connectivity index (χ4n) is 3.32. The Balaban J connectivity index is 1.91. The molecule has 0 aliphatic heterocycles. The van der Waals surface area contributed by atoms with Crippen molar-refractivity contribution >= 4 is 63.4 Å². The molecule has 0 bridgehead atoms. The fraction of sp³-hybridized carbons (Fsp3) is 0.208. The molecule has 33 heavy (non-hydrogen) atoms. The zero-order valence-corrected chi connectivity index (χ0v) is 19.7. The maximum atomic E-state index is 13.1. The number of benzene rings is 3. The molecule has 4 N–H and O–H groups in total. The summed E-state index contributed by atoms with van der Waals surface area (Å²) in [5, 5.41) is 19.5. The van der Waals surface area contributed by atoms with Crippen LogP contribution < -0.4 is 16.0 Å². The highest BCUT2D eigenvalue weighted by molar-refractivity contribution is 7.98. The van der Waals surface area contributed by atoms with E-state index in [-0.39, 0.29) is 17.7 Å². The Hall–Kier alpha value is -3.23. The predicted molar refractivity (Wildman–Crippen MR) is 135 cm³/mol. The summed E-state index contributed by atoms with van der Waals surface area (Å²) in [6, 6.07) is 14.3. The topological polar surface area (TPSA) is 108 Å². The van der Waals surface area contributed by atoms with Gasteiger partial charge in [0.25, 0.3) is 5.91 Å². The molecule has 7 nitrogen and oxygen atoms in total. The van der Waals surface area contributed by atoms with Gasteiger partial charge in [-0.05, 0) is 59.9 Å². The number of carboxylic acids is 1. The van der Waals surface area contributed by atoms with E-state index in [1.165, 1.54) is 11.8 Å². The third kappa shape index (κ3) is 6.18. The van der Waals surface area contributed by atoms with Crippen molar-refractivity contribution in [2.45, 2.75) is 19.4 Å². The van der Waals surface area contributed by atoms with Crippen molar-refractivity contribution in [1.82, 2.24) is 5.32 Å². The third-order valence-corrected chi connectivity index (χ3v) is 6.01. The van der Waals surface area contributed by atoms with Crippen LogP contribution in [-0.4, -0.2) is 41.1 Å². The first-order valence-corrected chi connectivity index (χ1v) is 12.0. The Bertz CT molecular complexity index is 1180. The molecule has 0 fully saturated rings. The number of carbonyl (C=O) groups is 3. The van der Waals surface area contributed by atoms with Gasteiger partial charge in [0.1, 0.15) is 6.04 Å². The van der Waals surface area contributed by atoms with Crippen molar-refractivity contribution in [1.29, 1.82) is 0 Å². The predicted octanol–water partition coefficient (Wildman–Crippen LogP) is 5.38. The summed E-state index contributed by atoms with van der Waals surface area (Å²) in [5.74, 6) is -1.11. The molecule has 3 aromatic carbocycles. The van der Waals surface area contributed by atoms with Crippen LogP contribution in [0.15, 0.2) is 54.6 Å². The smallest absolute Gasteiger partial charge is 0.326 e. The molecule has 0 aliphatic rings. The summed E-state index contributed by atoms with van der Waals surface area (Å²) in [6.45, 7) is 1.82. The number of hydrogen-bond acceptors (Lipinski definition) is 4. The number of para-hydroxylation sites is 1. The van der Waals surface area contributed by atoms with E-state index in [1.54, 1.807) is 24.3 Å². The van der Waals surface area contributed by atoms with Crippen molar-refractivity contribution in [3.63, 3.8) is 0 Å². The lowest BCUT2D eigenvalue weighted by Crippen LogP contribution is -2.41. The Morgan fingerprint density at radius 3 is 2.36 bits per heavy atom. The number of carbonyl (C=O) groups excluding carboxylic acids is 2. The molecule has 0 saturated heterocycles. The number of nitrogens with one attached hydrogen (secondary N) is 3. The minimum absolute atomic E-state index is 0.162. The van der Waals surface area contributed by atoms with Gasteiger partial charge in [0, 0.05) is 0 Å². The lowest BCUT2D eigenvalue weighted by molar-refractivity contribution is -0.139. The van der Waals surface area contributed by atoms with Gasteiger partial charge in [-0.1, -0.05) is 48.0 Å². The van der Waals surface area contributed by atoms with Crippen LogP contribution in [0.5, 0.6) is 0 Å². The van der Waals surface area contributed by atoms with E-state index in [4.69, 9.17) is 11.6 Å². The normalized spacial score (nSPS) is 11.6. The van der Waals surface area contributed by atoms with E-state index < -0.39 is 23.9 Å². The highest BCUT2D eigenvalue weighted by Gasteiger charge is 2.23. The highest BCUT2D eigenvalue weighted by atomic mass is 35.5. The van der Waals surface area contributed by atoms with Crippen LogP contribution in [0.1, 0.15) is 22.3 Å². The molecule has 0 spiro atoms. The van der Waals surface area contributed by atoms with E-state index >= 15 is 0 Å². The minimum atomic E-state index is -1.11. The molecule has 172 valence electrons. The third-order valence-electron chi connectivity index (χ3n) is 5.05. The van der Waals surface area contributed by atoms with Gasteiger partial charge in [-0.3, -0.25) is 4.79 Å². The Morgan fingerprint density at radius 1 is 1.03 bits per heavy atom. The first-order valence-electron chi connectivity index (χ1n) is 10.2.